The van der Waals surface area contributed by atoms with Crippen LogP contribution in [0.4, 0.5) is 0 Å². The molecule has 0 spiro atoms. The summed E-state index contributed by atoms with van der Waals surface area (Å²) < 4.78 is 0. The Morgan fingerprint density at radius 3 is 1.80 bits per heavy atom. The van der Waals surface area contributed by atoms with Crippen LogP contribution in [0.1, 0.15) is 33.1 Å². The van der Waals surface area contributed by atoms with Crippen molar-refractivity contribution in [2.75, 3.05) is 40.3 Å². The van der Waals surface area contributed by atoms with Gasteiger partial charge in [0, 0.05) is 19.6 Å². The van der Waals surface area contributed by atoms with Crippen LogP contribution in [0.2, 0.25) is 0 Å². The molecule has 0 aromatic heterocycles. The van der Waals surface area contributed by atoms with Crippen LogP contribution in [0.25, 0.3) is 0 Å². The molecule has 0 amide bonds. The van der Waals surface area contributed by atoms with Crippen molar-refractivity contribution in [2.45, 2.75) is 33.1 Å². The van der Waals surface area contributed by atoms with Crippen LogP contribution >= 0.6 is 0 Å². The Morgan fingerprint density at radius 1 is 0.867 bits per heavy atom. The second kappa shape index (κ2) is 10.4. The zero-order chi connectivity index (χ0) is 11.5. The van der Waals surface area contributed by atoms with Crippen molar-refractivity contribution in [3.8, 4) is 0 Å². The molecule has 0 aliphatic rings. The zero-order valence-corrected chi connectivity index (χ0v) is 10.8. The zero-order valence-electron chi connectivity index (χ0n) is 10.8. The molecule has 0 saturated carbocycles. The molecule has 0 heterocycles. The van der Waals surface area contributed by atoms with E-state index < -0.39 is 0 Å². The van der Waals surface area contributed by atoms with Crippen LogP contribution in [-0.2, 0) is 0 Å². The van der Waals surface area contributed by atoms with Crippen molar-refractivity contribution >= 4 is 0 Å². The molecule has 15 heavy (non-hydrogen) atoms. The molecule has 0 saturated heterocycles. The third-order valence-corrected chi connectivity index (χ3v) is 2.09. The lowest BCUT2D eigenvalue weighted by Crippen LogP contribution is -2.49. The van der Waals surface area contributed by atoms with Gasteiger partial charge in [-0.2, -0.15) is 5.12 Å². The molecular formula is C11H28N4. The maximum absolute atomic E-state index is 3.38. The summed E-state index contributed by atoms with van der Waals surface area (Å²) in [6.07, 6.45) is 3.51. The van der Waals surface area contributed by atoms with Crippen LogP contribution in [0.15, 0.2) is 0 Å². The van der Waals surface area contributed by atoms with E-state index in [1.807, 2.05) is 0 Å². The fourth-order valence-electron chi connectivity index (χ4n) is 1.25. The number of rotatable bonds is 10. The lowest BCUT2D eigenvalue weighted by molar-refractivity contribution is 0.109. The van der Waals surface area contributed by atoms with Crippen molar-refractivity contribution in [1.29, 1.82) is 0 Å². The van der Waals surface area contributed by atoms with E-state index >= 15 is 0 Å². The van der Waals surface area contributed by atoms with Gasteiger partial charge in [-0.15, -0.1) is 0 Å². The normalized spacial score (nSPS) is 11.6. The van der Waals surface area contributed by atoms with Gasteiger partial charge in [0.05, 0.1) is 0 Å². The molecule has 4 nitrogen and oxygen atoms in total. The highest BCUT2D eigenvalue weighted by Gasteiger charge is 2.01. The van der Waals surface area contributed by atoms with Crippen molar-refractivity contribution in [3.63, 3.8) is 0 Å². The molecule has 0 radical (unpaired) electrons. The Balaban J connectivity index is 3.58. The predicted molar refractivity (Wildman–Crippen MR) is 66.5 cm³/mol. The van der Waals surface area contributed by atoms with Gasteiger partial charge in [0.15, 0.2) is 0 Å². The molecule has 2 N–H and O–H groups in total. The molecule has 0 rings (SSSR count). The lowest BCUT2D eigenvalue weighted by Gasteiger charge is -2.24. The van der Waals surface area contributed by atoms with Crippen molar-refractivity contribution < 1.29 is 0 Å². The van der Waals surface area contributed by atoms with E-state index in [9.17, 15) is 0 Å². The Kier molecular flexibility index (Phi) is 10.3. The highest BCUT2D eigenvalue weighted by molar-refractivity contribution is 4.51. The third kappa shape index (κ3) is 10.1. The van der Waals surface area contributed by atoms with Gasteiger partial charge in [0.2, 0.25) is 0 Å². The molecule has 0 aromatic carbocycles. The average Bonchev–Trinajstić information content (AvgIpc) is 2.20. The Labute approximate surface area is 94.9 Å². The summed E-state index contributed by atoms with van der Waals surface area (Å²) in [4.78, 5) is 2.22. The van der Waals surface area contributed by atoms with Crippen LogP contribution in [0.5, 0.6) is 0 Å². The molecular weight excluding hydrogens is 188 g/mol. The van der Waals surface area contributed by atoms with E-state index in [0.717, 1.165) is 39.0 Å². The maximum Gasteiger partial charge on any atom is 0.0300 e. The van der Waals surface area contributed by atoms with E-state index in [1.54, 1.807) is 0 Å². The third-order valence-electron chi connectivity index (χ3n) is 2.09. The molecule has 0 aliphatic carbocycles. The smallest absolute Gasteiger partial charge is 0.0300 e. The molecule has 0 fully saturated rings. The summed E-state index contributed by atoms with van der Waals surface area (Å²) in [7, 11) is 4.23. The quantitative estimate of drug-likeness (QED) is 0.535. The molecule has 0 bridgehead atoms. The maximum atomic E-state index is 3.38. The lowest BCUT2D eigenvalue weighted by atomic mass is 10.4. The Bertz CT molecular complexity index is 120. The van der Waals surface area contributed by atoms with Gasteiger partial charge in [-0.1, -0.05) is 13.8 Å². The highest BCUT2D eigenvalue weighted by Crippen LogP contribution is 1.87. The Hall–Kier alpha value is -0.160. The van der Waals surface area contributed by atoms with E-state index in [0.29, 0.717) is 0 Å². The van der Waals surface area contributed by atoms with Crippen molar-refractivity contribution in [1.82, 2.24) is 20.9 Å². The molecule has 4 heteroatoms. The number of nitrogens with zero attached hydrogens (tertiary/aromatic N) is 2. The predicted octanol–water partition coefficient (Wildman–Crippen LogP) is 1.07. The first kappa shape index (κ1) is 14.8. The van der Waals surface area contributed by atoms with E-state index in [1.165, 1.54) is 6.42 Å². The van der Waals surface area contributed by atoms with Crippen molar-refractivity contribution in [2.24, 2.45) is 0 Å². The van der Waals surface area contributed by atoms with Crippen LogP contribution < -0.4 is 10.9 Å². The summed E-state index contributed by atoms with van der Waals surface area (Å²) in [5, 5.41) is 2.14. The van der Waals surface area contributed by atoms with Crippen LogP contribution in [-0.4, -0.2) is 50.3 Å². The molecule has 0 aliphatic heterocycles. The van der Waals surface area contributed by atoms with E-state index in [-0.39, 0.29) is 0 Å². The number of nitrogens with one attached hydrogen (secondary N) is 2. The first-order valence-electron chi connectivity index (χ1n) is 6.10. The first-order valence-corrected chi connectivity index (χ1v) is 6.10. The second-order valence-electron chi connectivity index (χ2n) is 4.12. The molecule has 92 valence electrons. The standard InChI is InChI=1S/C11H28N4/c1-5-8-12-15(13-9-6-2)11-7-10-14(3)4/h12-13H,5-11H2,1-4H3. The second-order valence-corrected chi connectivity index (χ2v) is 4.12. The monoisotopic (exact) mass is 216 g/mol. The summed E-state index contributed by atoms with van der Waals surface area (Å²) >= 11 is 0. The minimum Gasteiger partial charge on any atom is -0.309 e. The van der Waals surface area contributed by atoms with Gasteiger partial charge < -0.3 is 4.90 Å². The largest absolute Gasteiger partial charge is 0.309 e. The molecule has 0 atom stereocenters. The van der Waals surface area contributed by atoms with E-state index in [2.05, 4.69) is 48.8 Å². The SMILES string of the molecule is CCCNN(CCCN(C)C)NCCC. The fourth-order valence-corrected chi connectivity index (χ4v) is 1.25. The van der Waals surface area contributed by atoms with Gasteiger partial charge in [-0.25, -0.2) is 10.9 Å². The number of hydrazine groups is 2. The summed E-state index contributed by atoms with van der Waals surface area (Å²) in [5.74, 6) is 0. The van der Waals surface area contributed by atoms with Crippen LogP contribution in [0, 0.1) is 0 Å². The highest BCUT2D eigenvalue weighted by atomic mass is 15.7. The fraction of sp³-hybridized carbons (Fsp3) is 1.00. The number of hydrogen-bond acceptors (Lipinski definition) is 4. The van der Waals surface area contributed by atoms with Crippen molar-refractivity contribution in [3.05, 3.63) is 0 Å². The summed E-state index contributed by atoms with van der Waals surface area (Å²) in [5.41, 5.74) is 6.76. The topological polar surface area (TPSA) is 30.5 Å². The number of hydrogen-bond donors (Lipinski definition) is 2. The minimum atomic E-state index is 1.04. The minimum absolute atomic E-state index is 1.04. The van der Waals surface area contributed by atoms with E-state index in [4.69, 9.17) is 0 Å². The van der Waals surface area contributed by atoms with Gasteiger partial charge >= 0.3 is 0 Å². The average molecular weight is 216 g/mol. The summed E-state index contributed by atoms with van der Waals surface area (Å²) in [6.45, 7) is 8.64. The molecule has 0 aromatic rings. The molecule has 0 unspecified atom stereocenters. The summed E-state index contributed by atoms with van der Waals surface area (Å²) in [6, 6.07) is 0. The first-order chi connectivity index (χ1) is 7.20. The van der Waals surface area contributed by atoms with Gasteiger partial charge in [0.1, 0.15) is 0 Å². The van der Waals surface area contributed by atoms with Gasteiger partial charge in [-0.05, 0) is 39.9 Å². The van der Waals surface area contributed by atoms with Gasteiger partial charge in [0.25, 0.3) is 0 Å². The van der Waals surface area contributed by atoms with Crippen LogP contribution in [0.3, 0.4) is 0 Å². The van der Waals surface area contributed by atoms with Gasteiger partial charge in [-0.3, -0.25) is 0 Å². The Morgan fingerprint density at radius 2 is 1.40 bits per heavy atom.